The van der Waals surface area contributed by atoms with Crippen LogP contribution in [0, 0.1) is 5.82 Å². The van der Waals surface area contributed by atoms with E-state index in [9.17, 15) is 14.0 Å². The minimum absolute atomic E-state index is 0.0870. The third-order valence-electron chi connectivity index (χ3n) is 4.80. The molecule has 0 aliphatic carbocycles. The van der Waals surface area contributed by atoms with Gasteiger partial charge in [-0.1, -0.05) is 59.6 Å². The van der Waals surface area contributed by atoms with Crippen LogP contribution in [0.1, 0.15) is 16.7 Å². The highest BCUT2D eigenvalue weighted by molar-refractivity contribution is 6.42. The molecule has 31 heavy (non-hydrogen) atoms. The van der Waals surface area contributed by atoms with Crippen molar-refractivity contribution < 1.29 is 18.7 Å². The van der Waals surface area contributed by atoms with Gasteiger partial charge in [0.05, 0.1) is 15.7 Å². The molecule has 4 nitrogen and oxygen atoms in total. The lowest BCUT2D eigenvalue weighted by molar-refractivity contribution is -0.143. The third-order valence-corrected chi connectivity index (χ3v) is 5.54. The van der Waals surface area contributed by atoms with Crippen LogP contribution in [0.25, 0.3) is 11.6 Å². The number of amides is 1. The van der Waals surface area contributed by atoms with E-state index in [1.54, 1.807) is 24.3 Å². The summed E-state index contributed by atoms with van der Waals surface area (Å²) in [4.78, 5) is 26.7. The summed E-state index contributed by atoms with van der Waals surface area (Å²) in [6.07, 6.45) is 1.64. The molecule has 0 spiro atoms. The van der Waals surface area contributed by atoms with Crippen LogP contribution in [0.2, 0.25) is 10.0 Å². The van der Waals surface area contributed by atoms with E-state index in [0.29, 0.717) is 32.4 Å². The predicted molar refractivity (Wildman–Crippen MR) is 119 cm³/mol. The van der Waals surface area contributed by atoms with Gasteiger partial charge in [0.15, 0.2) is 0 Å². The minimum atomic E-state index is -0.594. The molecule has 1 heterocycles. The maximum atomic E-state index is 13.9. The molecule has 4 rings (SSSR count). The number of carbonyl (C=O) groups excluding carboxylic acids is 2. The molecule has 0 aromatic heterocycles. The second-order valence-corrected chi connectivity index (χ2v) is 7.75. The highest BCUT2D eigenvalue weighted by Gasteiger charge is 2.34. The second-order valence-electron chi connectivity index (χ2n) is 6.93. The first-order valence-electron chi connectivity index (χ1n) is 9.40. The van der Waals surface area contributed by atoms with Crippen molar-refractivity contribution in [1.29, 1.82) is 0 Å². The molecule has 0 fully saturated rings. The number of nitrogens with zero attached hydrogens (tertiary/aromatic N) is 1. The standard InChI is InChI=1S/C24H16Cl2FNO3/c25-20-9-6-16(11-21(20)26)10-19-18-8-7-17(27)12-22(18)28(24(19)30)13-23(29)31-14-15-4-2-1-3-5-15/h1-12H,13-14H2. The van der Waals surface area contributed by atoms with Crippen molar-refractivity contribution in [2.45, 2.75) is 6.61 Å². The molecule has 156 valence electrons. The van der Waals surface area contributed by atoms with Crippen molar-refractivity contribution >= 4 is 52.4 Å². The van der Waals surface area contributed by atoms with E-state index in [1.807, 2.05) is 30.3 Å². The molecule has 1 aliphatic heterocycles. The first-order chi connectivity index (χ1) is 14.9. The number of anilines is 1. The summed E-state index contributed by atoms with van der Waals surface area (Å²) >= 11 is 12.0. The number of carbonyl (C=O) groups is 2. The summed E-state index contributed by atoms with van der Waals surface area (Å²) in [6, 6.07) is 18.2. The van der Waals surface area contributed by atoms with Crippen LogP contribution >= 0.6 is 23.2 Å². The number of fused-ring (bicyclic) bond motifs is 1. The number of hydrogen-bond acceptors (Lipinski definition) is 3. The fourth-order valence-corrected chi connectivity index (χ4v) is 3.61. The summed E-state index contributed by atoms with van der Waals surface area (Å²) in [7, 11) is 0. The maximum absolute atomic E-state index is 13.9. The Morgan fingerprint density at radius 3 is 2.52 bits per heavy atom. The minimum Gasteiger partial charge on any atom is -0.459 e. The normalized spacial score (nSPS) is 14.1. The Kier molecular flexibility index (Phi) is 6.07. The summed E-state index contributed by atoms with van der Waals surface area (Å²) in [5.41, 5.74) is 2.64. The molecule has 3 aromatic carbocycles. The Labute approximate surface area is 188 Å². The van der Waals surface area contributed by atoms with E-state index in [0.717, 1.165) is 5.56 Å². The van der Waals surface area contributed by atoms with E-state index < -0.39 is 17.7 Å². The van der Waals surface area contributed by atoms with Crippen molar-refractivity contribution in [2.24, 2.45) is 0 Å². The van der Waals surface area contributed by atoms with Crippen LogP contribution < -0.4 is 4.90 Å². The zero-order chi connectivity index (χ0) is 22.0. The number of benzene rings is 3. The smallest absolute Gasteiger partial charge is 0.326 e. The average Bonchev–Trinajstić information content (AvgIpc) is 3.00. The number of ether oxygens (including phenoxy) is 1. The van der Waals surface area contributed by atoms with Crippen molar-refractivity contribution in [3.63, 3.8) is 0 Å². The van der Waals surface area contributed by atoms with Gasteiger partial charge in [0.1, 0.15) is 19.0 Å². The van der Waals surface area contributed by atoms with Crippen LogP contribution in [0.4, 0.5) is 10.1 Å². The molecule has 0 bridgehead atoms. The van der Waals surface area contributed by atoms with E-state index in [4.69, 9.17) is 27.9 Å². The van der Waals surface area contributed by atoms with E-state index >= 15 is 0 Å². The number of hydrogen-bond donors (Lipinski definition) is 0. The monoisotopic (exact) mass is 455 g/mol. The molecule has 0 unspecified atom stereocenters. The molecular formula is C24H16Cl2FNO3. The van der Waals surface area contributed by atoms with Crippen LogP contribution in [0.5, 0.6) is 0 Å². The lowest BCUT2D eigenvalue weighted by Gasteiger charge is -2.16. The molecule has 0 atom stereocenters. The van der Waals surface area contributed by atoms with Gasteiger partial charge in [-0.05, 0) is 47.5 Å². The van der Waals surface area contributed by atoms with Gasteiger partial charge in [0, 0.05) is 11.1 Å². The molecule has 0 saturated heterocycles. The van der Waals surface area contributed by atoms with Crippen LogP contribution in [0.3, 0.4) is 0 Å². The Hall–Kier alpha value is -3.15. The lowest BCUT2D eigenvalue weighted by Crippen LogP contribution is -2.33. The summed E-state index contributed by atoms with van der Waals surface area (Å²) in [5.74, 6) is -1.53. The van der Waals surface area contributed by atoms with E-state index in [-0.39, 0.29) is 13.2 Å². The van der Waals surface area contributed by atoms with Gasteiger partial charge in [-0.15, -0.1) is 0 Å². The van der Waals surface area contributed by atoms with Crippen LogP contribution in [-0.4, -0.2) is 18.4 Å². The lowest BCUT2D eigenvalue weighted by atomic mass is 10.0. The van der Waals surface area contributed by atoms with Crippen molar-refractivity contribution in [3.05, 3.63) is 99.3 Å². The number of esters is 1. The summed E-state index contributed by atoms with van der Waals surface area (Å²) in [6.45, 7) is -0.246. The number of rotatable bonds is 5. The van der Waals surface area contributed by atoms with Gasteiger partial charge in [-0.3, -0.25) is 14.5 Å². The summed E-state index contributed by atoms with van der Waals surface area (Å²) < 4.78 is 19.2. The molecule has 3 aromatic rings. The fraction of sp³-hybridized carbons (Fsp3) is 0.0833. The Balaban J connectivity index is 1.59. The molecule has 1 amide bonds. The SMILES string of the molecule is O=C(CN1C(=O)C(=Cc2ccc(Cl)c(Cl)c2)c2ccc(F)cc21)OCc1ccccc1. The summed E-state index contributed by atoms with van der Waals surface area (Å²) in [5, 5.41) is 0.744. The highest BCUT2D eigenvalue weighted by Crippen LogP contribution is 2.38. The average molecular weight is 456 g/mol. The Morgan fingerprint density at radius 2 is 1.77 bits per heavy atom. The predicted octanol–water partition coefficient (Wildman–Crippen LogP) is 5.76. The van der Waals surface area contributed by atoms with Crippen LogP contribution in [-0.2, 0) is 20.9 Å². The van der Waals surface area contributed by atoms with Crippen molar-refractivity contribution in [1.82, 2.24) is 0 Å². The van der Waals surface area contributed by atoms with Gasteiger partial charge >= 0.3 is 5.97 Å². The first kappa shape index (κ1) is 21.1. The zero-order valence-corrected chi connectivity index (χ0v) is 17.7. The third kappa shape index (κ3) is 4.63. The molecule has 7 heteroatoms. The van der Waals surface area contributed by atoms with Gasteiger partial charge in [0.25, 0.3) is 5.91 Å². The Morgan fingerprint density at radius 1 is 1.00 bits per heavy atom. The van der Waals surface area contributed by atoms with Crippen molar-refractivity contribution in [2.75, 3.05) is 11.4 Å². The quantitative estimate of drug-likeness (QED) is 0.362. The van der Waals surface area contributed by atoms with E-state index in [1.165, 1.54) is 23.1 Å². The molecule has 0 radical (unpaired) electrons. The molecule has 0 N–H and O–H groups in total. The Bertz CT molecular complexity index is 1190. The van der Waals surface area contributed by atoms with Gasteiger partial charge in [-0.2, -0.15) is 0 Å². The largest absolute Gasteiger partial charge is 0.459 e. The van der Waals surface area contributed by atoms with E-state index in [2.05, 4.69) is 0 Å². The topological polar surface area (TPSA) is 46.6 Å². The van der Waals surface area contributed by atoms with Gasteiger partial charge in [0.2, 0.25) is 0 Å². The van der Waals surface area contributed by atoms with Crippen LogP contribution in [0.15, 0.2) is 66.7 Å². The molecule has 0 saturated carbocycles. The molecular weight excluding hydrogens is 440 g/mol. The highest BCUT2D eigenvalue weighted by atomic mass is 35.5. The van der Waals surface area contributed by atoms with Gasteiger partial charge in [-0.25, -0.2) is 4.39 Å². The van der Waals surface area contributed by atoms with Crippen molar-refractivity contribution in [3.8, 4) is 0 Å². The fourth-order valence-electron chi connectivity index (χ4n) is 3.30. The maximum Gasteiger partial charge on any atom is 0.326 e. The van der Waals surface area contributed by atoms with Gasteiger partial charge < -0.3 is 4.74 Å². The first-order valence-corrected chi connectivity index (χ1v) is 10.2. The zero-order valence-electron chi connectivity index (χ0n) is 16.1. The number of halogens is 3. The molecule has 1 aliphatic rings. The second kappa shape index (κ2) is 8.92.